The van der Waals surface area contributed by atoms with Crippen LogP contribution in [0.15, 0.2) is 18.2 Å². The van der Waals surface area contributed by atoms with Gasteiger partial charge in [0.1, 0.15) is 0 Å². The van der Waals surface area contributed by atoms with Gasteiger partial charge in [0.25, 0.3) is 5.91 Å². The van der Waals surface area contributed by atoms with E-state index in [1.165, 1.54) is 0 Å². The van der Waals surface area contributed by atoms with Gasteiger partial charge in [-0.3, -0.25) is 9.59 Å². The summed E-state index contributed by atoms with van der Waals surface area (Å²) >= 11 is 0. The van der Waals surface area contributed by atoms with E-state index >= 15 is 0 Å². The summed E-state index contributed by atoms with van der Waals surface area (Å²) in [5.74, 6) is 0.0152. The molecular formula is C15H19N3O2. The van der Waals surface area contributed by atoms with Crippen LogP contribution in [0.2, 0.25) is 0 Å². The first-order valence-electron chi connectivity index (χ1n) is 7.17. The molecule has 0 unspecified atom stereocenters. The Labute approximate surface area is 118 Å². The molecule has 0 aliphatic carbocycles. The molecule has 106 valence electrons. The maximum absolute atomic E-state index is 12.2. The molecule has 0 aromatic heterocycles. The molecule has 1 fully saturated rings. The highest BCUT2D eigenvalue weighted by molar-refractivity contribution is 5.98. The first-order valence-corrected chi connectivity index (χ1v) is 7.17. The van der Waals surface area contributed by atoms with E-state index in [0.29, 0.717) is 18.4 Å². The fourth-order valence-corrected chi connectivity index (χ4v) is 2.77. The van der Waals surface area contributed by atoms with Crippen LogP contribution in [0, 0.1) is 0 Å². The molecule has 1 aromatic carbocycles. The Balaban J connectivity index is 1.70. The topological polar surface area (TPSA) is 70.2 Å². The number of rotatable bonds is 2. The van der Waals surface area contributed by atoms with E-state index in [1.54, 1.807) is 6.07 Å². The van der Waals surface area contributed by atoms with Crippen LogP contribution in [0.25, 0.3) is 0 Å². The molecule has 1 saturated heterocycles. The zero-order chi connectivity index (χ0) is 13.9. The van der Waals surface area contributed by atoms with Gasteiger partial charge in [-0.15, -0.1) is 0 Å². The van der Waals surface area contributed by atoms with Gasteiger partial charge in [0.05, 0.1) is 0 Å². The number of benzene rings is 1. The van der Waals surface area contributed by atoms with E-state index in [-0.39, 0.29) is 17.9 Å². The second-order valence-electron chi connectivity index (χ2n) is 5.44. The molecule has 3 rings (SSSR count). The van der Waals surface area contributed by atoms with Gasteiger partial charge in [-0.25, -0.2) is 0 Å². The van der Waals surface area contributed by atoms with E-state index in [2.05, 4.69) is 16.0 Å². The third-order valence-electron chi connectivity index (χ3n) is 3.90. The molecule has 5 heteroatoms. The maximum Gasteiger partial charge on any atom is 0.251 e. The minimum atomic E-state index is -0.0293. The largest absolute Gasteiger partial charge is 0.348 e. The highest BCUT2D eigenvalue weighted by atomic mass is 16.2. The lowest BCUT2D eigenvalue weighted by molar-refractivity contribution is -0.116. The number of hydrogen-bond acceptors (Lipinski definition) is 3. The minimum Gasteiger partial charge on any atom is -0.348 e. The lowest BCUT2D eigenvalue weighted by atomic mass is 9.99. The molecule has 0 saturated carbocycles. The van der Waals surface area contributed by atoms with E-state index < -0.39 is 0 Å². The van der Waals surface area contributed by atoms with Crippen molar-refractivity contribution < 1.29 is 9.59 Å². The van der Waals surface area contributed by atoms with Crippen LogP contribution in [0.3, 0.4) is 0 Å². The average Bonchev–Trinajstić information content (AvgIpc) is 2.47. The highest BCUT2D eigenvalue weighted by Gasteiger charge is 2.19. The number of fused-ring (bicyclic) bond motifs is 1. The molecule has 2 amide bonds. The molecule has 1 atom stereocenters. The molecule has 1 aromatic rings. The van der Waals surface area contributed by atoms with E-state index in [9.17, 15) is 9.59 Å². The predicted octanol–water partition coefficient (Wildman–Crippen LogP) is 1.05. The van der Waals surface area contributed by atoms with Crippen molar-refractivity contribution in [3.05, 3.63) is 29.3 Å². The fraction of sp³-hybridized carbons (Fsp3) is 0.467. The van der Waals surface area contributed by atoms with Gasteiger partial charge in [0.2, 0.25) is 5.91 Å². The van der Waals surface area contributed by atoms with Crippen LogP contribution in [0.4, 0.5) is 5.69 Å². The molecule has 20 heavy (non-hydrogen) atoms. The van der Waals surface area contributed by atoms with Crippen molar-refractivity contribution in [1.29, 1.82) is 0 Å². The Morgan fingerprint density at radius 1 is 1.30 bits per heavy atom. The predicted molar refractivity (Wildman–Crippen MR) is 76.8 cm³/mol. The van der Waals surface area contributed by atoms with Crippen LogP contribution in [-0.2, 0) is 11.2 Å². The monoisotopic (exact) mass is 273 g/mol. The normalized spacial score (nSPS) is 21.8. The highest BCUT2D eigenvalue weighted by Crippen LogP contribution is 2.23. The fourth-order valence-electron chi connectivity index (χ4n) is 2.77. The van der Waals surface area contributed by atoms with Crippen molar-refractivity contribution in [2.75, 3.05) is 18.4 Å². The molecule has 0 spiro atoms. The lowest BCUT2D eigenvalue weighted by Crippen LogP contribution is -2.45. The summed E-state index contributed by atoms with van der Waals surface area (Å²) in [7, 11) is 0. The molecular weight excluding hydrogens is 254 g/mol. The van der Waals surface area contributed by atoms with Gasteiger partial charge in [-0.1, -0.05) is 0 Å². The molecule has 2 aliphatic heterocycles. The summed E-state index contributed by atoms with van der Waals surface area (Å²) < 4.78 is 0. The smallest absolute Gasteiger partial charge is 0.251 e. The molecule has 3 N–H and O–H groups in total. The summed E-state index contributed by atoms with van der Waals surface area (Å²) in [6, 6.07) is 5.70. The first-order chi connectivity index (χ1) is 9.72. The Bertz CT molecular complexity index is 536. The number of amides is 2. The van der Waals surface area contributed by atoms with E-state index in [4.69, 9.17) is 0 Å². The third kappa shape index (κ3) is 2.82. The summed E-state index contributed by atoms with van der Waals surface area (Å²) in [6.45, 7) is 1.87. The molecule has 2 aliphatic rings. The standard InChI is InChI=1S/C15H19N3O2/c19-14-6-4-10-8-11(3-5-13(10)18-14)15(20)17-12-2-1-7-16-9-12/h3,5,8,12,16H,1-2,4,6-7,9H2,(H,17,20)(H,18,19)/t12-/m0/s1. The second kappa shape index (κ2) is 5.63. The summed E-state index contributed by atoms with van der Waals surface area (Å²) in [4.78, 5) is 23.5. The Morgan fingerprint density at radius 3 is 3.00 bits per heavy atom. The average molecular weight is 273 g/mol. The zero-order valence-electron chi connectivity index (χ0n) is 11.4. The minimum absolute atomic E-state index is 0.0293. The zero-order valence-corrected chi connectivity index (χ0v) is 11.4. The lowest BCUT2D eigenvalue weighted by Gasteiger charge is -2.24. The van der Waals surface area contributed by atoms with Crippen LogP contribution in [-0.4, -0.2) is 30.9 Å². The van der Waals surface area contributed by atoms with Crippen molar-refractivity contribution >= 4 is 17.5 Å². The van der Waals surface area contributed by atoms with Crippen molar-refractivity contribution in [2.24, 2.45) is 0 Å². The molecule has 0 bridgehead atoms. The molecule has 5 nitrogen and oxygen atoms in total. The van der Waals surface area contributed by atoms with E-state index in [1.807, 2.05) is 12.1 Å². The van der Waals surface area contributed by atoms with Crippen LogP contribution in [0.5, 0.6) is 0 Å². The van der Waals surface area contributed by atoms with Crippen LogP contribution in [0.1, 0.15) is 35.2 Å². The Morgan fingerprint density at radius 2 is 2.20 bits per heavy atom. The van der Waals surface area contributed by atoms with Crippen molar-refractivity contribution in [3.8, 4) is 0 Å². The van der Waals surface area contributed by atoms with Crippen molar-refractivity contribution in [3.63, 3.8) is 0 Å². The van der Waals surface area contributed by atoms with Gasteiger partial charge < -0.3 is 16.0 Å². The van der Waals surface area contributed by atoms with Gasteiger partial charge >= 0.3 is 0 Å². The van der Waals surface area contributed by atoms with Gasteiger partial charge in [-0.05, 0) is 49.6 Å². The number of aryl methyl sites for hydroxylation is 1. The first kappa shape index (κ1) is 13.1. The number of carbonyl (C=O) groups is 2. The summed E-state index contributed by atoms with van der Waals surface area (Å²) in [5.41, 5.74) is 2.54. The molecule has 0 radical (unpaired) electrons. The van der Waals surface area contributed by atoms with Gasteiger partial charge in [0, 0.05) is 30.3 Å². The number of anilines is 1. The quantitative estimate of drug-likeness (QED) is 0.754. The molecule has 2 heterocycles. The van der Waals surface area contributed by atoms with Crippen molar-refractivity contribution in [2.45, 2.75) is 31.7 Å². The van der Waals surface area contributed by atoms with Crippen molar-refractivity contribution in [1.82, 2.24) is 10.6 Å². The Kier molecular flexibility index (Phi) is 3.69. The van der Waals surface area contributed by atoms with Crippen LogP contribution >= 0.6 is 0 Å². The van der Waals surface area contributed by atoms with Gasteiger partial charge in [-0.2, -0.15) is 0 Å². The number of carbonyl (C=O) groups excluding carboxylic acids is 2. The second-order valence-corrected chi connectivity index (χ2v) is 5.44. The van der Waals surface area contributed by atoms with Gasteiger partial charge in [0.15, 0.2) is 0 Å². The summed E-state index contributed by atoms with van der Waals surface area (Å²) in [6.07, 6.45) is 3.32. The summed E-state index contributed by atoms with van der Waals surface area (Å²) in [5, 5.41) is 9.17. The number of nitrogens with one attached hydrogen (secondary N) is 3. The maximum atomic E-state index is 12.2. The van der Waals surface area contributed by atoms with E-state index in [0.717, 1.165) is 37.2 Å². The van der Waals surface area contributed by atoms with Crippen LogP contribution < -0.4 is 16.0 Å². The Hall–Kier alpha value is -1.88. The number of piperidine rings is 1. The SMILES string of the molecule is O=C1CCc2cc(C(=O)N[C@H]3CCCNC3)ccc2N1. The number of hydrogen-bond donors (Lipinski definition) is 3. The third-order valence-corrected chi connectivity index (χ3v) is 3.90.